The molecular formula is C22H28F2N6. The van der Waals surface area contributed by atoms with Gasteiger partial charge in [-0.25, -0.2) is 13.8 Å². The zero-order valence-electron chi connectivity index (χ0n) is 17.4. The van der Waals surface area contributed by atoms with Crippen molar-refractivity contribution in [3.8, 4) is 0 Å². The molecule has 0 saturated carbocycles. The van der Waals surface area contributed by atoms with E-state index in [4.69, 9.17) is 0 Å². The molecule has 160 valence electrons. The van der Waals surface area contributed by atoms with Gasteiger partial charge in [-0.3, -0.25) is 0 Å². The Hall–Kier alpha value is -3.39. The first-order valence-corrected chi connectivity index (χ1v) is 9.71. The van der Waals surface area contributed by atoms with E-state index in [0.717, 1.165) is 36.1 Å². The molecule has 0 saturated heterocycles. The smallest absolute Gasteiger partial charge is 0.160 e. The van der Waals surface area contributed by atoms with Gasteiger partial charge in [-0.05, 0) is 62.3 Å². The molecule has 6 nitrogen and oxygen atoms in total. The highest BCUT2D eigenvalue weighted by Gasteiger charge is 2.09. The number of aliphatic imine (C=N–C) groups is 1. The zero-order chi connectivity index (χ0) is 21.9. The van der Waals surface area contributed by atoms with E-state index in [1.165, 1.54) is 12.1 Å². The molecular weight excluding hydrogens is 386 g/mol. The second-order valence-corrected chi connectivity index (χ2v) is 6.42. The van der Waals surface area contributed by atoms with Gasteiger partial charge in [-0.2, -0.15) is 0 Å². The van der Waals surface area contributed by atoms with E-state index in [1.807, 2.05) is 26.0 Å². The van der Waals surface area contributed by atoms with Gasteiger partial charge in [-0.15, -0.1) is 5.53 Å². The van der Waals surface area contributed by atoms with Gasteiger partial charge >= 0.3 is 0 Å². The van der Waals surface area contributed by atoms with Crippen LogP contribution in [0.15, 0.2) is 88.5 Å². The maximum Gasteiger partial charge on any atom is 0.160 e. The largest absolute Gasteiger partial charge is 0.357 e. The summed E-state index contributed by atoms with van der Waals surface area (Å²) in [4.78, 5) is 4.26. The molecule has 0 spiro atoms. The molecule has 0 unspecified atom stereocenters. The summed E-state index contributed by atoms with van der Waals surface area (Å²) in [5, 5.41) is 6.13. The van der Waals surface area contributed by atoms with Gasteiger partial charge in [0.2, 0.25) is 0 Å². The normalized spacial score (nSPS) is 15.6. The molecule has 1 aliphatic rings. The first-order chi connectivity index (χ1) is 14.5. The summed E-state index contributed by atoms with van der Waals surface area (Å²) in [5.41, 5.74) is 12.2. The standard InChI is InChI=1S/C22H28F2N6/c1-5-8-22(27-17(6-2)13-21-20(7-3)28-30-29-21)25-14-19(24)15(4)26-18-11-9-16(23)10-12-18/h7-14,26-30H,3,5-6H2,1-2,4H3/b17-13+,19-15-,22-8-,25-14-. The Kier molecular flexibility index (Phi) is 8.83. The van der Waals surface area contributed by atoms with Crippen LogP contribution in [0, 0.1) is 5.82 Å². The third kappa shape index (κ3) is 6.89. The number of allylic oxidation sites excluding steroid dienone is 6. The fourth-order valence-corrected chi connectivity index (χ4v) is 2.50. The summed E-state index contributed by atoms with van der Waals surface area (Å²) >= 11 is 0. The molecule has 5 N–H and O–H groups in total. The molecule has 2 rings (SSSR count). The predicted octanol–water partition coefficient (Wildman–Crippen LogP) is 4.65. The average molecular weight is 415 g/mol. The maximum atomic E-state index is 14.5. The maximum absolute atomic E-state index is 14.5. The van der Waals surface area contributed by atoms with E-state index in [9.17, 15) is 8.78 Å². The van der Waals surface area contributed by atoms with Crippen molar-refractivity contribution in [2.75, 3.05) is 5.32 Å². The van der Waals surface area contributed by atoms with E-state index in [1.54, 1.807) is 25.1 Å². The van der Waals surface area contributed by atoms with Crippen molar-refractivity contribution < 1.29 is 8.78 Å². The molecule has 0 aliphatic carbocycles. The van der Waals surface area contributed by atoms with E-state index in [2.05, 4.69) is 38.6 Å². The van der Waals surface area contributed by atoms with Gasteiger partial charge in [0, 0.05) is 17.1 Å². The minimum atomic E-state index is -0.521. The molecule has 0 radical (unpaired) electrons. The summed E-state index contributed by atoms with van der Waals surface area (Å²) in [5.74, 6) is -0.331. The number of rotatable bonds is 10. The summed E-state index contributed by atoms with van der Waals surface area (Å²) < 4.78 is 27.5. The summed E-state index contributed by atoms with van der Waals surface area (Å²) in [6.07, 6.45) is 8.10. The van der Waals surface area contributed by atoms with Crippen LogP contribution in [0.5, 0.6) is 0 Å². The van der Waals surface area contributed by atoms with Crippen molar-refractivity contribution in [1.82, 2.24) is 21.7 Å². The number of hydrogen-bond donors (Lipinski definition) is 5. The lowest BCUT2D eigenvalue weighted by molar-refractivity contribution is 0.597. The fourth-order valence-electron chi connectivity index (χ4n) is 2.50. The Bertz CT molecular complexity index is 895. The molecule has 0 bridgehead atoms. The molecule has 0 atom stereocenters. The van der Waals surface area contributed by atoms with Gasteiger partial charge in [0.05, 0.1) is 17.6 Å². The molecule has 0 fully saturated rings. The number of benzene rings is 1. The van der Waals surface area contributed by atoms with Crippen LogP contribution < -0.4 is 27.0 Å². The van der Waals surface area contributed by atoms with Crippen molar-refractivity contribution in [1.29, 1.82) is 0 Å². The monoisotopic (exact) mass is 414 g/mol. The number of hydrazine groups is 2. The van der Waals surface area contributed by atoms with Crippen molar-refractivity contribution in [3.63, 3.8) is 0 Å². The molecule has 8 heteroatoms. The third-order valence-electron chi connectivity index (χ3n) is 4.13. The van der Waals surface area contributed by atoms with Crippen LogP contribution in [-0.4, -0.2) is 6.21 Å². The first-order valence-electron chi connectivity index (χ1n) is 9.71. The van der Waals surface area contributed by atoms with Crippen LogP contribution in [0.3, 0.4) is 0 Å². The Balaban J connectivity index is 2.13. The van der Waals surface area contributed by atoms with Crippen LogP contribution in [0.25, 0.3) is 0 Å². The Morgan fingerprint density at radius 2 is 1.87 bits per heavy atom. The molecule has 0 aromatic heterocycles. The van der Waals surface area contributed by atoms with Crippen molar-refractivity contribution >= 4 is 11.9 Å². The number of halogens is 2. The highest BCUT2D eigenvalue weighted by molar-refractivity contribution is 5.78. The number of nitrogens with one attached hydrogen (secondary N) is 5. The lowest BCUT2D eigenvalue weighted by Gasteiger charge is -2.11. The second-order valence-electron chi connectivity index (χ2n) is 6.42. The van der Waals surface area contributed by atoms with Crippen LogP contribution in [-0.2, 0) is 0 Å². The Morgan fingerprint density at radius 3 is 2.50 bits per heavy atom. The summed E-state index contributed by atoms with van der Waals surface area (Å²) in [6.45, 7) is 9.34. The van der Waals surface area contributed by atoms with Crippen LogP contribution in [0.2, 0.25) is 0 Å². The van der Waals surface area contributed by atoms with Crippen LogP contribution in [0.1, 0.15) is 33.6 Å². The van der Waals surface area contributed by atoms with Gasteiger partial charge in [0.15, 0.2) is 5.83 Å². The highest BCUT2D eigenvalue weighted by Crippen LogP contribution is 2.14. The molecule has 1 heterocycles. The molecule has 0 amide bonds. The lowest BCUT2D eigenvalue weighted by atomic mass is 10.2. The number of anilines is 1. The third-order valence-corrected chi connectivity index (χ3v) is 4.13. The van der Waals surface area contributed by atoms with E-state index >= 15 is 0 Å². The highest BCUT2D eigenvalue weighted by atomic mass is 19.1. The average Bonchev–Trinajstić information content (AvgIpc) is 3.20. The van der Waals surface area contributed by atoms with E-state index in [-0.39, 0.29) is 11.5 Å². The van der Waals surface area contributed by atoms with Gasteiger partial charge in [0.1, 0.15) is 11.6 Å². The summed E-state index contributed by atoms with van der Waals surface area (Å²) in [7, 11) is 0. The second kappa shape index (κ2) is 11.6. The molecule has 1 aromatic carbocycles. The Labute approximate surface area is 176 Å². The zero-order valence-corrected chi connectivity index (χ0v) is 17.4. The number of hydrogen-bond acceptors (Lipinski definition) is 6. The minimum absolute atomic E-state index is 0.278. The van der Waals surface area contributed by atoms with Gasteiger partial charge < -0.3 is 21.5 Å². The quantitative estimate of drug-likeness (QED) is 0.360. The van der Waals surface area contributed by atoms with Crippen molar-refractivity contribution in [2.24, 2.45) is 4.99 Å². The minimum Gasteiger partial charge on any atom is -0.357 e. The van der Waals surface area contributed by atoms with Gasteiger partial charge in [-0.1, -0.05) is 20.4 Å². The van der Waals surface area contributed by atoms with Crippen LogP contribution in [0.4, 0.5) is 14.5 Å². The molecule has 1 aromatic rings. The lowest BCUT2D eigenvalue weighted by Crippen LogP contribution is -2.32. The molecule has 30 heavy (non-hydrogen) atoms. The van der Waals surface area contributed by atoms with Gasteiger partial charge in [0.25, 0.3) is 0 Å². The SMILES string of the molecule is C=CC1=C(/C=C(\CC)NC(=C\CC)/N=C\C(F)=C(/C)Nc2ccc(F)cc2)NNN1. The fraction of sp³-hybridized carbons (Fsp3) is 0.227. The summed E-state index contributed by atoms with van der Waals surface area (Å²) in [6, 6.07) is 5.70. The van der Waals surface area contributed by atoms with Crippen molar-refractivity contribution in [2.45, 2.75) is 33.6 Å². The van der Waals surface area contributed by atoms with Crippen molar-refractivity contribution in [3.05, 3.63) is 89.3 Å². The van der Waals surface area contributed by atoms with E-state index < -0.39 is 5.83 Å². The van der Waals surface area contributed by atoms with Crippen LogP contribution >= 0.6 is 0 Å². The Morgan fingerprint density at radius 1 is 1.17 bits per heavy atom. The number of nitrogens with zero attached hydrogens (tertiary/aromatic N) is 1. The topological polar surface area (TPSA) is 72.5 Å². The predicted molar refractivity (Wildman–Crippen MR) is 119 cm³/mol. The molecule has 1 aliphatic heterocycles. The van der Waals surface area contributed by atoms with E-state index in [0.29, 0.717) is 11.5 Å². The first kappa shape index (κ1) is 22.9.